The molecule has 0 saturated heterocycles. The Hall–Kier alpha value is -3.92. The van der Waals surface area contributed by atoms with Gasteiger partial charge >= 0.3 is 5.97 Å². The fourth-order valence-electron chi connectivity index (χ4n) is 5.45. The second-order valence-corrected chi connectivity index (χ2v) is 11.8. The number of amides is 1. The first kappa shape index (κ1) is 35.6. The van der Waals surface area contributed by atoms with Crippen molar-refractivity contribution in [1.82, 2.24) is 14.9 Å². The Balaban J connectivity index is 2.14. The van der Waals surface area contributed by atoms with Crippen LogP contribution in [0.15, 0.2) is 65.2 Å². The predicted octanol–water partition coefficient (Wildman–Crippen LogP) is 7.70. The molecular weight excluding hydrogens is 644 g/mol. The number of ether oxygens (including phenoxy) is 1. The quantitative estimate of drug-likeness (QED) is 0.101. The average molecular weight is 685 g/mol. The molecule has 1 aromatic heterocycles. The van der Waals surface area contributed by atoms with Crippen molar-refractivity contribution in [3.63, 3.8) is 0 Å². The molecule has 0 fully saturated rings. The van der Waals surface area contributed by atoms with Crippen LogP contribution in [0.2, 0.25) is 0 Å². The van der Waals surface area contributed by atoms with E-state index in [2.05, 4.69) is 39.4 Å². The van der Waals surface area contributed by atoms with Crippen LogP contribution in [0.4, 0.5) is 8.78 Å². The van der Waals surface area contributed by atoms with Gasteiger partial charge in [-0.05, 0) is 128 Å². The second kappa shape index (κ2) is 16.4. The normalized spacial score (nSPS) is 12.3. The number of aromatic nitrogens is 2. The summed E-state index contributed by atoms with van der Waals surface area (Å²) >= 11 is 3.27. The lowest BCUT2D eigenvalue weighted by molar-refractivity contribution is -0.144. The Bertz CT molecular complexity index is 1640. The molecule has 2 atom stereocenters. The number of hydrogen-bond donors (Lipinski definition) is 1. The number of unbranched alkanes of at least 4 members (excludes halogenated alkanes) is 2. The van der Waals surface area contributed by atoms with E-state index in [1.165, 1.54) is 35.9 Å². The number of rotatable bonds is 15. The molecule has 3 rings (SSSR count). The summed E-state index contributed by atoms with van der Waals surface area (Å²) in [5.74, 6) is -2.21. The van der Waals surface area contributed by atoms with Gasteiger partial charge in [0.15, 0.2) is 0 Å². The third-order valence-electron chi connectivity index (χ3n) is 7.52. The van der Waals surface area contributed by atoms with E-state index in [-0.39, 0.29) is 36.5 Å². The van der Waals surface area contributed by atoms with Crippen molar-refractivity contribution in [2.45, 2.75) is 78.3 Å². The number of carbonyl (C=O) groups is 2. The molecular formula is C35H40BrF2N3O4. The lowest BCUT2D eigenvalue weighted by Gasteiger charge is -2.25. The summed E-state index contributed by atoms with van der Waals surface area (Å²) in [6.45, 7) is 14.2. The fourth-order valence-corrected chi connectivity index (χ4v) is 5.93. The fraction of sp³-hybridized carbons (Fsp3) is 0.371. The van der Waals surface area contributed by atoms with E-state index in [0.29, 0.717) is 27.7 Å². The standard InChI is InChI=1S/C35H40BrF2N3O4/c1-7-10-11-12-14-24-17-26(37)16-21(4)32(24)25-15-22(5)33(38)27(18-25)28(19-31(42)45-9-3)40-34(43)29(13-8-2)41-20-30(36)39-23(6)35(41)44/h7-8,15-18,20,28-29H,1-2,9-14,19H2,3-6H3,(H,40,43)/t28-,29-/m0/s1. The molecule has 7 nitrogen and oxygen atoms in total. The van der Waals surface area contributed by atoms with E-state index in [4.69, 9.17) is 4.74 Å². The molecule has 0 unspecified atom stereocenters. The lowest BCUT2D eigenvalue weighted by atomic mass is 9.88. The van der Waals surface area contributed by atoms with E-state index in [9.17, 15) is 18.8 Å². The Morgan fingerprint density at radius 1 is 1.09 bits per heavy atom. The van der Waals surface area contributed by atoms with Crippen LogP contribution in [-0.2, 0) is 20.7 Å². The number of allylic oxidation sites excluding steroid dienone is 2. The molecule has 0 aliphatic heterocycles. The van der Waals surface area contributed by atoms with Crippen molar-refractivity contribution in [2.75, 3.05) is 6.61 Å². The maximum Gasteiger partial charge on any atom is 0.308 e. The number of aryl methyl sites for hydroxylation is 4. The van der Waals surface area contributed by atoms with E-state index in [1.54, 1.807) is 32.9 Å². The number of halogens is 3. The van der Waals surface area contributed by atoms with E-state index < -0.39 is 35.3 Å². The summed E-state index contributed by atoms with van der Waals surface area (Å²) in [7, 11) is 0. The number of nitrogens with one attached hydrogen (secondary N) is 1. The first-order valence-electron chi connectivity index (χ1n) is 14.9. The summed E-state index contributed by atoms with van der Waals surface area (Å²) in [6.07, 6.45) is 7.62. The Morgan fingerprint density at radius 3 is 2.49 bits per heavy atom. The van der Waals surface area contributed by atoms with Gasteiger partial charge in [0.2, 0.25) is 5.91 Å². The van der Waals surface area contributed by atoms with Crippen molar-refractivity contribution in [2.24, 2.45) is 0 Å². The molecule has 10 heteroatoms. The van der Waals surface area contributed by atoms with Crippen molar-refractivity contribution >= 4 is 27.8 Å². The number of hydrogen-bond acceptors (Lipinski definition) is 5. The van der Waals surface area contributed by atoms with Gasteiger partial charge in [0, 0.05) is 11.8 Å². The van der Waals surface area contributed by atoms with Gasteiger partial charge in [0.25, 0.3) is 5.56 Å². The second-order valence-electron chi connectivity index (χ2n) is 11.0. The van der Waals surface area contributed by atoms with Gasteiger partial charge in [-0.3, -0.25) is 19.0 Å². The number of carbonyl (C=O) groups excluding carboxylic acids is 2. The van der Waals surface area contributed by atoms with Gasteiger partial charge in [0.05, 0.1) is 19.1 Å². The van der Waals surface area contributed by atoms with Crippen LogP contribution in [0.1, 0.15) is 79.1 Å². The van der Waals surface area contributed by atoms with Gasteiger partial charge in [-0.15, -0.1) is 13.2 Å². The van der Waals surface area contributed by atoms with Crippen molar-refractivity contribution in [3.8, 4) is 11.1 Å². The van der Waals surface area contributed by atoms with Crippen molar-refractivity contribution in [3.05, 3.63) is 110 Å². The maximum absolute atomic E-state index is 16.0. The molecule has 45 heavy (non-hydrogen) atoms. The van der Waals surface area contributed by atoms with Crippen LogP contribution in [-0.4, -0.2) is 28.0 Å². The van der Waals surface area contributed by atoms with Crippen LogP contribution in [0.25, 0.3) is 11.1 Å². The average Bonchev–Trinajstić information content (AvgIpc) is 2.97. The van der Waals surface area contributed by atoms with Crippen LogP contribution < -0.4 is 10.9 Å². The number of benzene rings is 2. The highest BCUT2D eigenvalue weighted by atomic mass is 79.9. The zero-order chi connectivity index (χ0) is 33.3. The molecule has 0 radical (unpaired) electrons. The minimum atomic E-state index is -1.14. The molecule has 1 heterocycles. The molecule has 0 saturated carbocycles. The van der Waals surface area contributed by atoms with Crippen LogP contribution in [0.5, 0.6) is 0 Å². The number of esters is 1. The lowest BCUT2D eigenvalue weighted by Crippen LogP contribution is -2.40. The Kier molecular flexibility index (Phi) is 13.0. The Morgan fingerprint density at radius 2 is 1.82 bits per heavy atom. The minimum absolute atomic E-state index is 0.0736. The van der Waals surface area contributed by atoms with E-state index >= 15 is 4.39 Å². The maximum atomic E-state index is 16.0. The van der Waals surface area contributed by atoms with Crippen LogP contribution >= 0.6 is 15.9 Å². The van der Waals surface area contributed by atoms with Gasteiger partial charge in [-0.1, -0.05) is 12.2 Å². The molecule has 1 amide bonds. The predicted molar refractivity (Wildman–Crippen MR) is 176 cm³/mol. The highest BCUT2D eigenvalue weighted by molar-refractivity contribution is 9.10. The summed E-state index contributed by atoms with van der Waals surface area (Å²) in [5.41, 5.74) is 2.94. The SMILES string of the molecule is C=CCCCCc1cc(F)cc(C)c1-c1cc(C)c(F)c([C@H](CC(=O)OCC)NC(=O)[C@H](CC=C)n2cc(Br)nc(C)c2=O)c1. The number of nitrogens with zero attached hydrogens (tertiary/aromatic N) is 2. The first-order chi connectivity index (χ1) is 21.4. The third kappa shape index (κ3) is 9.06. The monoisotopic (exact) mass is 683 g/mol. The summed E-state index contributed by atoms with van der Waals surface area (Å²) < 4.78 is 37.3. The van der Waals surface area contributed by atoms with E-state index in [1.807, 2.05) is 6.08 Å². The minimum Gasteiger partial charge on any atom is -0.466 e. The van der Waals surface area contributed by atoms with Crippen molar-refractivity contribution in [1.29, 1.82) is 0 Å². The summed E-state index contributed by atoms with van der Waals surface area (Å²) in [6, 6.07) is 4.03. The van der Waals surface area contributed by atoms with Crippen molar-refractivity contribution < 1.29 is 23.1 Å². The molecule has 2 aromatic carbocycles. The molecule has 0 bridgehead atoms. The highest BCUT2D eigenvalue weighted by Crippen LogP contribution is 2.35. The molecule has 1 N–H and O–H groups in total. The molecule has 0 aliphatic rings. The van der Waals surface area contributed by atoms with E-state index in [0.717, 1.165) is 30.4 Å². The molecule has 240 valence electrons. The zero-order valence-electron chi connectivity index (χ0n) is 26.2. The third-order valence-corrected chi connectivity index (χ3v) is 7.90. The van der Waals surface area contributed by atoms with Crippen LogP contribution in [0.3, 0.4) is 0 Å². The topological polar surface area (TPSA) is 90.3 Å². The van der Waals surface area contributed by atoms with Crippen LogP contribution in [0, 0.1) is 32.4 Å². The molecule has 0 spiro atoms. The van der Waals surface area contributed by atoms with Gasteiger partial charge in [-0.2, -0.15) is 0 Å². The largest absolute Gasteiger partial charge is 0.466 e. The van der Waals surface area contributed by atoms with Gasteiger partial charge in [-0.25, -0.2) is 13.8 Å². The highest BCUT2D eigenvalue weighted by Gasteiger charge is 2.29. The molecule has 0 aliphatic carbocycles. The summed E-state index contributed by atoms with van der Waals surface area (Å²) in [4.78, 5) is 43.6. The first-order valence-corrected chi connectivity index (χ1v) is 15.7. The summed E-state index contributed by atoms with van der Waals surface area (Å²) in [5, 5.41) is 2.81. The zero-order valence-corrected chi connectivity index (χ0v) is 27.8. The molecule has 3 aromatic rings. The smallest absolute Gasteiger partial charge is 0.308 e. The van der Waals surface area contributed by atoms with Gasteiger partial charge < -0.3 is 10.1 Å². The Labute approximate surface area is 271 Å². The van der Waals surface area contributed by atoms with Gasteiger partial charge in [0.1, 0.15) is 28.0 Å².